The molecule has 2 aromatic rings. The SMILES string of the molecule is Cc1cc(Br)cc(NC(=O)c2ccccc2C(F)(F)F)c1. The molecule has 0 spiro atoms. The normalized spacial score (nSPS) is 11.3. The minimum absolute atomic E-state index is 0.400. The second-order valence-electron chi connectivity index (χ2n) is 4.51. The summed E-state index contributed by atoms with van der Waals surface area (Å²) in [5.74, 6) is -0.791. The molecule has 0 unspecified atom stereocenters. The Morgan fingerprint density at radius 3 is 2.43 bits per heavy atom. The Balaban J connectivity index is 2.33. The molecule has 1 N–H and O–H groups in total. The van der Waals surface area contributed by atoms with Gasteiger partial charge in [-0.1, -0.05) is 28.1 Å². The van der Waals surface area contributed by atoms with Crippen LogP contribution in [0.5, 0.6) is 0 Å². The fourth-order valence-electron chi connectivity index (χ4n) is 1.94. The zero-order valence-electron chi connectivity index (χ0n) is 11.0. The highest BCUT2D eigenvalue weighted by Crippen LogP contribution is 2.32. The molecule has 21 heavy (non-hydrogen) atoms. The number of aryl methyl sites for hydroxylation is 1. The fourth-order valence-corrected chi connectivity index (χ4v) is 2.54. The van der Waals surface area contributed by atoms with E-state index in [1.165, 1.54) is 12.1 Å². The topological polar surface area (TPSA) is 29.1 Å². The molecular weight excluding hydrogens is 347 g/mol. The molecule has 0 bridgehead atoms. The molecule has 1 amide bonds. The van der Waals surface area contributed by atoms with Gasteiger partial charge < -0.3 is 5.32 Å². The van der Waals surface area contributed by atoms with E-state index in [2.05, 4.69) is 21.2 Å². The maximum atomic E-state index is 12.9. The zero-order valence-corrected chi connectivity index (χ0v) is 12.5. The van der Waals surface area contributed by atoms with E-state index in [0.29, 0.717) is 5.69 Å². The first kappa shape index (κ1) is 15.6. The number of alkyl halides is 3. The minimum atomic E-state index is -4.57. The quantitative estimate of drug-likeness (QED) is 0.802. The maximum Gasteiger partial charge on any atom is 0.417 e. The number of benzene rings is 2. The van der Waals surface area contributed by atoms with Crippen molar-refractivity contribution in [3.8, 4) is 0 Å². The van der Waals surface area contributed by atoms with Gasteiger partial charge in [-0.15, -0.1) is 0 Å². The summed E-state index contributed by atoms with van der Waals surface area (Å²) in [4.78, 5) is 12.1. The molecule has 110 valence electrons. The van der Waals surface area contributed by atoms with E-state index in [1.807, 2.05) is 13.0 Å². The van der Waals surface area contributed by atoms with E-state index in [1.54, 1.807) is 12.1 Å². The van der Waals surface area contributed by atoms with Gasteiger partial charge in [0.25, 0.3) is 5.91 Å². The molecule has 0 saturated carbocycles. The molecule has 6 heteroatoms. The van der Waals surface area contributed by atoms with E-state index in [9.17, 15) is 18.0 Å². The van der Waals surface area contributed by atoms with Gasteiger partial charge in [0.15, 0.2) is 0 Å². The Bertz CT molecular complexity index is 663. The summed E-state index contributed by atoms with van der Waals surface area (Å²) in [6.07, 6.45) is -4.57. The van der Waals surface area contributed by atoms with Crippen LogP contribution in [0.25, 0.3) is 0 Å². The third kappa shape index (κ3) is 3.85. The largest absolute Gasteiger partial charge is 0.417 e. The number of carbonyl (C=O) groups is 1. The van der Waals surface area contributed by atoms with Crippen LogP contribution >= 0.6 is 15.9 Å². The average molecular weight is 358 g/mol. The molecule has 0 fully saturated rings. The third-order valence-electron chi connectivity index (χ3n) is 2.78. The van der Waals surface area contributed by atoms with Crippen LogP contribution in [0, 0.1) is 6.92 Å². The van der Waals surface area contributed by atoms with Crippen LogP contribution in [0.15, 0.2) is 46.9 Å². The molecule has 2 aromatic carbocycles. The first-order chi connectivity index (χ1) is 9.77. The van der Waals surface area contributed by atoms with Gasteiger partial charge in [0, 0.05) is 10.2 Å². The minimum Gasteiger partial charge on any atom is -0.322 e. The molecule has 2 rings (SSSR count). The standard InChI is InChI=1S/C15H11BrF3NO/c1-9-6-10(16)8-11(7-9)20-14(21)12-4-2-3-5-13(12)15(17,18)19/h2-8H,1H3,(H,20,21). The average Bonchev–Trinajstić information content (AvgIpc) is 2.36. The lowest BCUT2D eigenvalue weighted by molar-refractivity contribution is -0.137. The summed E-state index contributed by atoms with van der Waals surface area (Å²) in [6, 6.07) is 9.84. The monoisotopic (exact) mass is 357 g/mol. The van der Waals surface area contributed by atoms with E-state index < -0.39 is 23.2 Å². The highest BCUT2D eigenvalue weighted by atomic mass is 79.9. The van der Waals surface area contributed by atoms with Crippen LogP contribution in [0.4, 0.5) is 18.9 Å². The molecule has 0 atom stereocenters. The molecule has 0 aliphatic carbocycles. The predicted molar refractivity (Wildman–Crippen MR) is 78.3 cm³/mol. The van der Waals surface area contributed by atoms with Gasteiger partial charge in [0.1, 0.15) is 0 Å². The summed E-state index contributed by atoms with van der Waals surface area (Å²) >= 11 is 3.27. The predicted octanol–water partition coefficient (Wildman–Crippen LogP) is 5.03. The molecule has 0 heterocycles. The Morgan fingerprint density at radius 2 is 1.81 bits per heavy atom. The van der Waals surface area contributed by atoms with Crippen LogP contribution in [0.1, 0.15) is 21.5 Å². The van der Waals surface area contributed by atoms with Crippen LogP contribution in [-0.2, 0) is 6.18 Å². The lowest BCUT2D eigenvalue weighted by atomic mass is 10.1. The molecule has 0 aliphatic heterocycles. The molecule has 0 aromatic heterocycles. The van der Waals surface area contributed by atoms with E-state index >= 15 is 0 Å². The smallest absolute Gasteiger partial charge is 0.322 e. The Labute approximate surface area is 128 Å². The number of halogens is 4. The summed E-state index contributed by atoms with van der Waals surface area (Å²) in [5, 5.41) is 2.48. The van der Waals surface area contributed by atoms with Crippen molar-refractivity contribution in [3.63, 3.8) is 0 Å². The lowest BCUT2D eigenvalue weighted by Gasteiger charge is -2.13. The second-order valence-corrected chi connectivity index (χ2v) is 5.43. The van der Waals surface area contributed by atoms with Crippen molar-refractivity contribution in [2.75, 3.05) is 5.32 Å². The zero-order chi connectivity index (χ0) is 15.6. The summed E-state index contributed by atoms with van der Waals surface area (Å²) < 4.78 is 39.4. The summed E-state index contributed by atoms with van der Waals surface area (Å²) in [7, 11) is 0. The molecule has 0 saturated heterocycles. The van der Waals surface area contributed by atoms with E-state index in [0.717, 1.165) is 22.2 Å². The van der Waals surface area contributed by atoms with Gasteiger partial charge in [-0.05, 0) is 42.8 Å². The Hall–Kier alpha value is -1.82. The van der Waals surface area contributed by atoms with E-state index in [-0.39, 0.29) is 0 Å². The number of hydrogen-bond donors (Lipinski definition) is 1. The Kier molecular flexibility index (Phi) is 4.37. The Morgan fingerprint density at radius 1 is 1.14 bits per heavy atom. The summed E-state index contributed by atoms with van der Waals surface area (Å²) in [6.45, 7) is 1.82. The van der Waals surface area contributed by atoms with Crippen LogP contribution in [-0.4, -0.2) is 5.91 Å². The van der Waals surface area contributed by atoms with Gasteiger partial charge >= 0.3 is 6.18 Å². The fraction of sp³-hybridized carbons (Fsp3) is 0.133. The third-order valence-corrected chi connectivity index (χ3v) is 3.23. The van der Waals surface area contributed by atoms with Gasteiger partial charge in [-0.25, -0.2) is 0 Å². The number of anilines is 1. The number of hydrogen-bond acceptors (Lipinski definition) is 1. The van der Waals surface area contributed by atoms with Crippen molar-refractivity contribution in [2.24, 2.45) is 0 Å². The molecule has 2 nitrogen and oxygen atoms in total. The van der Waals surface area contributed by atoms with Crippen molar-refractivity contribution in [2.45, 2.75) is 13.1 Å². The van der Waals surface area contributed by atoms with Gasteiger partial charge in [0.2, 0.25) is 0 Å². The lowest BCUT2D eigenvalue weighted by Crippen LogP contribution is -2.18. The molecule has 0 aliphatic rings. The van der Waals surface area contributed by atoms with E-state index in [4.69, 9.17) is 0 Å². The van der Waals surface area contributed by atoms with Crippen molar-refractivity contribution in [1.29, 1.82) is 0 Å². The van der Waals surface area contributed by atoms with Crippen molar-refractivity contribution in [1.82, 2.24) is 0 Å². The van der Waals surface area contributed by atoms with Crippen LogP contribution in [0.2, 0.25) is 0 Å². The van der Waals surface area contributed by atoms with Crippen molar-refractivity contribution < 1.29 is 18.0 Å². The van der Waals surface area contributed by atoms with Gasteiger partial charge in [-0.3, -0.25) is 4.79 Å². The van der Waals surface area contributed by atoms with Crippen molar-refractivity contribution >= 4 is 27.5 Å². The first-order valence-corrected chi connectivity index (χ1v) is 6.81. The highest BCUT2D eigenvalue weighted by Gasteiger charge is 2.34. The maximum absolute atomic E-state index is 12.9. The number of rotatable bonds is 2. The number of carbonyl (C=O) groups excluding carboxylic acids is 1. The second kappa shape index (κ2) is 5.89. The summed E-state index contributed by atoms with van der Waals surface area (Å²) in [5.41, 5.74) is -0.0375. The number of nitrogens with one attached hydrogen (secondary N) is 1. The van der Waals surface area contributed by atoms with Crippen molar-refractivity contribution in [3.05, 3.63) is 63.6 Å². The molecular formula is C15H11BrF3NO. The van der Waals surface area contributed by atoms with Gasteiger partial charge in [-0.2, -0.15) is 13.2 Å². The van der Waals surface area contributed by atoms with Gasteiger partial charge in [0.05, 0.1) is 11.1 Å². The highest BCUT2D eigenvalue weighted by molar-refractivity contribution is 9.10. The number of amides is 1. The van der Waals surface area contributed by atoms with Crippen LogP contribution in [0.3, 0.4) is 0 Å². The first-order valence-electron chi connectivity index (χ1n) is 6.02. The molecule has 0 radical (unpaired) electrons. The van der Waals surface area contributed by atoms with Crippen LogP contribution < -0.4 is 5.32 Å².